The first kappa shape index (κ1) is 24.9. The maximum absolute atomic E-state index is 12.9. The zero-order valence-corrected chi connectivity index (χ0v) is 19.6. The molecule has 0 spiro atoms. The molecule has 0 aliphatic heterocycles. The summed E-state index contributed by atoms with van der Waals surface area (Å²) in [6, 6.07) is 19.1. The number of carbonyl (C=O) groups is 1. The van der Waals surface area contributed by atoms with Crippen molar-refractivity contribution < 1.29 is 22.7 Å². The SMILES string of the molecule is CN(C)Cc1ccc(C(=O)Nc2ccc(-c3nnc(COc4cccc(C(F)(F)F)c4)[nH]3)cc2)cc1. The summed E-state index contributed by atoms with van der Waals surface area (Å²) in [6.07, 6.45) is -4.44. The minimum Gasteiger partial charge on any atom is -0.486 e. The molecule has 4 aromatic rings. The lowest BCUT2D eigenvalue weighted by Crippen LogP contribution is -2.13. The van der Waals surface area contributed by atoms with Crippen LogP contribution in [0.5, 0.6) is 5.75 Å². The molecule has 36 heavy (non-hydrogen) atoms. The van der Waals surface area contributed by atoms with E-state index in [1.807, 2.05) is 26.2 Å². The Labute approximate surface area is 205 Å². The average Bonchev–Trinajstić information content (AvgIpc) is 3.32. The van der Waals surface area contributed by atoms with Crippen molar-refractivity contribution in [2.75, 3.05) is 19.4 Å². The van der Waals surface area contributed by atoms with Crippen molar-refractivity contribution >= 4 is 11.6 Å². The maximum Gasteiger partial charge on any atom is 0.416 e. The topological polar surface area (TPSA) is 83.1 Å². The first-order chi connectivity index (χ1) is 17.2. The molecule has 0 saturated heterocycles. The van der Waals surface area contributed by atoms with Gasteiger partial charge < -0.3 is 19.9 Å². The lowest BCUT2D eigenvalue weighted by atomic mass is 10.1. The van der Waals surface area contributed by atoms with Gasteiger partial charge in [0.1, 0.15) is 12.4 Å². The molecule has 0 saturated carbocycles. The van der Waals surface area contributed by atoms with Gasteiger partial charge in [-0.15, -0.1) is 10.2 Å². The highest BCUT2D eigenvalue weighted by Gasteiger charge is 2.30. The molecule has 7 nitrogen and oxygen atoms in total. The highest BCUT2D eigenvalue weighted by Crippen LogP contribution is 2.31. The molecule has 1 aromatic heterocycles. The van der Waals surface area contributed by atoms with Gasteiger partial charge in [0.05, 0.1) is 5.56 Å². The van der Waals surface area contributed by atoms with Crippen molar-refractivity contribution in [3.8, 4) is 17.1 Å². The van der Waals surface area contributed by atoms with Crippen molar-refractivity contribution in [1.82, 2.24) is 20.1 Å². The molecule has 10 heteroatoms. The largest absolute Gasteiger partial charge is 0.486 e. The molecule has 186 valence electrons. The molecular formula is C26H24F3N5O2. The van der Waals surface area contributed by atoms with Crippen LogP contribution in [0.25, 0.3) is 11.4 Å². The van der Waals surface area contributed by atoms with E-state index in [9.17, 15) is 18.0 Å². The fourth-order valence-electron chi connectivity index (χ4n) is 3.45. The van der Waals surface area contributed by atoms with E-state index >= 15 is 0 Å². The van der Waals surface area contributed by atoms with E-state index in [-0.39, 0.29) is 18.3 Å². The molecule has 0 radical (unpaired) electrons. The fraction of sp³-hybridized carbons (Fsp3) is 0.192. The molecule has 0 bridgehead atoms. The smallest absolute Gasteiger partial charge is 0.416 e. The van der Waals surface area contributed by atoms with Crippen molar-refractivity contribution in [1.29, 1.82) is 0 Å². The van der Waals surface area contributed by atoms with Gasteiger partial charge in [0.15, 0.2) is 11.6 Å². The van der Waals surface area contributed by atoms with Gasteiger partial charge in [0.25, 0.3) is 5.91 Å². The number of rotatable bonds is 8. The first-order valence-corrected chi connectivity index (χ1v) is 11.0. The lowest BCUT2D eigenvalue weighted by molar-refractivity contribution is -0.137. The van der Waals surface area contributed by atoms with Gasteiger partial charge in [-0.2, -0.15) is 13.2 Å². The Morgan fingerprint density at radius 2 is 1.72 bits per heavy atom. The standard InChI is InChI=1S/C26H24F3N5O2/c1-34(2)15-17-6-8-19(9-7-17)25(35)30-21-12-10-18(11-13-21)24-31-23(32-33-24)16-36-22-5-3-4-20(14-22)26(27,28)29/h3-14H,15-16H2,1-2H3,(H,30,35)(H,31,32,33). The molecule has 1 heterocycles. The number of aromatic nitrogens is 3. The van der Waals surface area contributed by atoms with Crippen LogP contribution in [0.15, 0.2) is 72.8 Å². The average molecular weight is 496 g/mol. The Kier molecular flexibility index (Phi) is 7.35. The number of carbonyl (C=O) groups excluding carboxylic acids is 1. The Bertz CT molecular complexity index is 1320. The zero-order valence-electron chi connectivity index (χ0n) is 19.6. The lowest BCUT2D eigenvalue weighted by Gasteiger charge is -2.10. The third kappa shape index (κ3) is 6.48. The normalized spacial score (nSPS) is 11.5. The number of H-pyrrole nitrogens is 1. The predicted molar refractivity (Wildman–Crippen MR) is 129 cm³/mol. The van der Waals surface area contributed by atoms with Gasteiger partial charge >= 0.3 is 6.18 Å². The number of benzene rings is 3. The van der Waals surface area contributed by atoms with Crippen LogP contribution in [0.3, 0.4) is 0 Å². The second-order valence-electron chi connectivity index (χ2n) is 8.40. The fourth-order valence-corrected chi connectivity index (χ4v) is 3.45. The molecule has 0 aliphatic carbocycles. The van der Waals surface area contributed by atoms with Gasteiger partial charge in [-0.25, -0.2) is 0 Å². The van der Waals surface area contributed by atoms with E-state index < -0.39 is 11.7 Å². The van der Waals surface area contributed by atoms with Crippen molar-refractivity contribution in [2.24, 2.45) is 0 Å². The molecule has 2 N–H and O–H groups in total. The van der Waals surface area contributed by atoms with Crippen LogP contribution in [0, 0.1) is 0 Å². The van der Waals surface area contributed by atoms with Crippen molar-refractivity contribution in [2.45, 2.75) is 19.3 Å². The third-order valence-corrected chi connectivity index (χ3v) is 5.20. The highest BCUT2D eigenvalue weighted by atomic mass is 19.4. The van der Waals surface area contributed by atoms with Crippen LogP contribution in [-0.4, -0.2) is 40.1 Å². The van der Waals surface area contributed by atoms with Crippen LogP contribution < -0.4 is 10.1 Å². The zero-order chi connectivity index (χ0) is 25.7. The maximum atomic E-state index is 12.9. The van der Waals surface area contributed by atoms with Crippen LogP contribution >= 0.6 is 0 Å². The number of hydrogen-bond acceptors (Lipinski definition) is 5. The number of ether oxygens (including phenoxy) is 1. The Morgan fingerprint density at radius 1 is 1.00 bits per heavy atom. The van der Waals surface area contributed by atoms with Crippen LogP contribution in [0.1, 0.15) is 27.3 Å². The van der Waals surface area contributed by atoms with Gasteiger partial charge in [-0.05, 0) is 74.3 Å². The molecule has 4 rings (SSSR count). The predicted octanol–water partition coefficient (Wildman–Crippen LogP) is 5.38. The number of aromatic amines is 1. The minimum atomic E-state index is -4.44. The summed E-state index contributed by atoms with van der Waals surface area (Å²) in [5.41, 5.74) is 2.23. The number of alkyl halides is 3. The van der Waals surface area contributed by atoms with E-state index in [1.165, 1.54) is 12.1 Å². The first-order valence-electron chi connectivity index (χ1n) is 11.0. The number of hydrogen-bond donors (Lipinski definition) is 2. The monoisotopic (exact) mass is 495 g/mol. The van der Waals surface area contributed by atoms with Gasteiger partial charge in [-0.1, -0.05) is 18.2 Å². The summed E-state index contributed by atoms with van der Waals surface area (Å²) in [4.78, 5) is 17.6. The summed E-state index contributed by atoms with van der Waals surface area (Å²) in [5.74, 6) is 0.688. The molecule has 0 fully saturated rings. The molecule has 1 amide bonds. The van der Waals surface area contributed by atoms with Gasteiger partial charge in [-0.3, -0.25) is 4.79 Å². The molecule has 0 aliphatic rings. The van der Waals surface area contributed by atoms with E-state index in [0.717, 1.165) is 29.8 Å². The Balaban J connectivity index is 1.34. The molecule has 0 unspecified atom stereocenters. The highest BCUT2D eigenvalue weighted by molar-refractivity contribution is 6.04. The second kappa shape index (κ2) is 10.6. The van der Waals surface area contributed by atoms with E-state index in [2.05, 4.69) is 25.4 Å². The quantitative estimate of drug-likeness (QED) is 0.343. The van der Waals surface area contributed by atoms with Gasteiger partial charge in [0.2, 0.25) is 0 Å². The van der Waals surface area contributed by atoms with Crippen LogP contribution in [0.4, 0.5) is 18.9 Å². The number of nitrogens with one attached hydrogen (secondary N) is 2. The van der Waals surface area contributed by atoms with Crippen LogP contribution in [0.2, 0.25) is 0 Å². The summed E-state index contributed by atoms with van der Waals surface area (Å²) in [7, 11) is 3.97. The van der Waals surface area contributed by atoms with E-state index in [1.54, 1.807) is 36.4 Å². The second-order valence-corrected chi connectivity index (χ2v) is 8.40. The summed E-state index contributed by atoms with van der Waals surface area (Å²) in [5, 5.41) is 10.9. The molecule has 3 aromatic carbocycles. The Morgan fingerprint density at radius 3 is 2.39 bits per heavy atom. The summed E-state index contributed by atoms with van der Waals surface area (Å²) < 4.78 is 44.0. The third-order valence-electron chi connectivity index (χ3n) is 5.20. The minimum absolute atomic E-state index is 0.0736. The number of amides is 1. The number of halogens is 3. The van der Waals surface area contributed by atoms with E-state index in [4.69, 9.17) is 4.74 Å². The molecular weight excluding hydrogens is 471 g/mol. The number of nitrogens with zero attached hydrogens (tertiary/aromatic N) is 3. The van der Waals surface area contributed by atoms with Crippen LogP contribution in [-0.2, 0) is 19.3 Å². The summed E-state index contributed by atoms with van der Waals surface area (Å²) in [6.45, 7) is 0.722. The van der Waals surface area contributed by atoms with Crippen molar-refractivity contribution in [3.05, 3.63) is 95.3 Å². The Hall–Kier alpha value is -4.18. The summed E-state index contributed by atoms with van der Waals surface area (Å²) >= 11 is 0. The molecule has 0 atom stereocenters. The van der Waals surface area contributed by atoms with Gasteiger partial charge in [0, 0.05) is 23.4 Å². The number of anilines is 1. The van der Waals surface area contributed by atoms with E-state index in [0.29, 0.717) is 22.9 Å². The van der Waals surface area contributed by atoms with Crippen molar-refractivity contribution in [3.63, 3.8) is 0 Å².